The van der Waals surface area contributed by atoms with E-state index in [2.05, 4.69) is 10.1 Å². The Hall–Kier alpha value is -2.47. The molecule has 0 atom stereocenters. The third-order valence-corrected chi connectivity index (χ3v) is 3.45. The first-order valence-electron chi connectivity index (χ1n) is 6.53. The van der Waals surface area contributed by atoms with E-state index in [1.165, 1.54) is 10.2 Å². The van der Waals surface area contributed by atoms with Crippen LogP contribution in [0.1, 0.15) is 23.5 Å². The van der Waals surface area contributed by atoms with Gasteiger partial charge in [0, 0.05) is 11.8 Å². The molecule has 108 valence electrons. The van der Waals surface area contributed by atoms with Crippen LogP contribution in [0, 0.1) is 0 Å². The number of hydrogen-bond donors (Lipinski definition) is 1. The van der Waals surface area contributed by atoms with Gasteiger partial charge in [0.1, 0.15) is 0 Å². The summed E-state index contributed by atoms with van der Waals surface area (Å²) < 4.78 is 1.49. The van der Waals surface area contributed by atoms with E-state index in [4.69, 9.17) is 5.11 Å². The van der Waals surface area contributed by atoms with Gasteiger partial charge in [-0.05, 0) is 5.56 Å². The number of carbonyl (C=O) groups is 1. The van der Waals surface area contributed by atoms with Crippen molar-refractivity contribution in [2.24, 2.45) is 0 Å². The molecular formula is C15H15N3O2S. The van der Waals surface area contributed by atoms with Gasteiger partial charge in [-0.15, -0.1) is 11.3 Å². The average Bonchev–Trinajstić information content (AvgIpc) is 3.19. The molecule has 21 heavy (non-hydrogen) atoms. The predicted molar refractivity (Wildman–Crippen MR) is 83.0 cm³/mol. The summed E-state index contributed by atoms with van der Waals surface area (Å²) in [5, 5.41) is 13.2. The van der Waals surface area contributed by atoms with Crippen LogP contribution in [0.5, 0.6) is 0 Å². The lowest BCUT2D eigenvalue weighted by molar-refractivity contribution is 0.0702. The maximum atomic E-state index is 11.1. The fourth-order valence-corrected chi connectivity index (χ4v) is 2.38. The number of aromatic nitrogens is 3. The molecule has 1 aromatic carbocycles. The predicted octanol–water partition coefficient (Wildman–Crippen LogP) is 3.72. The average molecular weight is 301 g/mol. The summed E-state index contributed by atoms with van der Waals surface area (Å²) in [6.45, 7) is 4.00. The van der Waals surface area contributed by atoms with Crippen LogP contribution in [0.15, 0.2) is 48.2 Å². The van der Waals surface area contributed by atoms with Crippen molar-refractivity contribution in [2.45, 2.75) is 13.8 Å². The number of carboxylic acid groups (broad SMARTS) is 1. The third kappa shape index (κ3) is 3.17. The van der Waals surface area contributed by atoms with E-state index < -0.39 is 5.97 Å². The minimum absolute atomic E-state index is 0.183. The zero-order valence-electron chi connectivity index (χ0n) is 11.7. The SMILES string of the molecule is CC.O=C(O)c1scnc1-n1cc(-c2ccccc2)cn1. The number of carboxylic acids is 1. The second-order valence-corrected chi connectivity index (χ2v) is 4.70. The van der Waals surface area contributed by atoms with Crippen LogP contribution in [0.25, 0.3) is 16.9 Å². The van der Waals surface area contributed by atoms with Crippen LogP contribution in [0.2, 0.25) is 0 Å². The Labute approximate surface area is 126 Å². The van der Waals surface area contributed by atoms with E-state index in [0.717, 1.165) is 22.5 Å². The summed E-state index contributed by atoms with van der Waals surface area (Å²) in [6.07, 6.45) is 3.47. The zero-order valence-corrected chi connectivity index (χ0v) is 12.5. The normalized spacial score (nSPS) is 9.81. The minimum atomic E-state index is -0.991. The second-order valence-electron chi connectivity index (χ2n) is 3.85. The lowest BCUT2D eigenvalue weighted by Crippen LogP contribution is -2.03. The van der Waals surface area contributed by atoms with E-state index in [-0.39, 0.29) is 4.88 Å². The van der Waals surface area contributed by atoms with Crippen molar-refractivity contribution in [1.29, 1.82) is 0 Å². The molecule has 5 nitrogen and oxygen atoms in total. The van der Waals surface area contributed by atoms with Gasteiger partial charge in [0.2, 0.25) is 0 Å². The maximum Gasteiger partial charge on any atom is 0.349 e. The van der Waals surface area contributed by atoms with Gasteiger partial charge < -0.3 is 5.11 Å². The molecular weight excluding hydrogens is 286 g/mol. The molecule has 0 aliphatic rings. The minimum Gasteiger partial charge on any atom is -0.477 e. The van der Waals surface area contributed by atoms with Crippen LogP contribution in [-0.4, -0.2) is 25.8 Å². The maximum absolute atomic E-state index is 11.1. The Morgan fingerprint density at radius 3 is 2.57 bits per heavy atom. The van der Waals surface area contributed by atoms with Gasteiger partial charge >= 0.3 is 5.97 Å². The van der Waals surface area contributed by atoms with Crippen molar-refractivity contribution in [3.05, 3.63) is 53.1 Å². The van der Waals surface area contributed by atoms with Gasteiger partial charge in [0.15, 0.2) is 10.7 Å². The molecule has 3 aromatic rings. The van der Waals surface area contributed by atoms with Crippen molar-refractivity contribution in [2.75, 3.05) is 0 Å². The van der Waals surface area contributed by atoms with Crippen LogP contribution >= 0.6 is 11.3 Å². The lowest BCUT2D eigenvalue weighted by Gasteiger charge is -1.97. The monoisotopic (exact) mass is 301 g/mol. The summed E-state index contributed by atoms with van der Waals surface area (Å²) in [5.74, 6) is -0.644. The van der Waals surface area contributed by atoms with Gasteiger partial charge in [-0.1, -0.05) is 44.2 Å². The summed E-state index contributed by atoms with van der Waals surface area (Å²) in [4.78, 5) is 15.3. The highest BCUT2D eigenvalue weighted by atomic mass is 32.1. The molecule has 0 saturated heterocycles. The van der Waals surface area contributed by atoms with E-state index >= 15 is 0 Å². The number of aromatic carboxylic acids is 1. The van der Waals surface area contributed by atoms with Crippen LogP contribution < -0.4 is 0 Å². The van der Waals surface area contributed by atoms with Crippen LogP contribution in [0.3, 0.4) is 0 Å². The van der Waals surface area contributed by atoms with Crippen LogP contribution in [0.4, 0.5) is 0 Å². The van der Waals surface area contributed by atoms with Gasteiger partial charge in [0.05, 0.1) is 11.7 Å². The second kappa shape index (κ2) is 6.81. The first-order chi connectivity index (χ1) is 10.3. The molecule has 0 radical (unpaired) electrons. The molecule has 0 fully saturated rings. The summed E-state index contributed by atoms with van der Waals surface area (Å²) in [7, 11) is 0. The lowest BCUT2D eigenvalue weighted by atomic mass is 10.1. The fraction of sp³-hybridized carbons (Fsp3) is 0.133. The number of thiazole rings is 1. The van der Waals surface area contributed by atoms with Crippen molar-refractivity contribution in [1.82, 2.24) is 14.8 Å². The molecule has 1 N–H and O–H groups in total. The fourth-order valence-electron chi connectivity index (χ4n) is 1.77. The Morgan fingerprint density at radius 1 is 1.19 bits per heavy atom. The highest BCUT2D eigenvalue weighted by Gasteiger charge is 2.16. The standard InChI is InChI=1S/C13H9N3O2S.C2H6/c17-13(18)11-12(14-8-19-11)16-7-10(6-15-16)9-4-2-1-3-5-9;1-2/h1-8H,(H,17,18);1-2H3. The van der Waals surface area contributed by atoms with E-state index in [1.54, 1.807) is 12.4 Å². The highest BCUT2D eigenvalue weighted by molar-refractivity contribution is 7.12. The van der Waals surface area contributed by atoms with E-state index in [1.807, 2.05) is 44.2 Å². The van der Waals surface area contributed by atoms with Crippen molar-refractivity contribution < 1.29 is 9.90 Å². The topological polar surface area (TPSA) is 68.0 Å². The van der Waals surface area contributed by atoms with Crippen molar-refractivity contribution >= 4 is 17.3 Å². The molecule has 6 heteroatoms. The smallest absolute Gasteiger partial charge is 0.349 e. The molecule has 0 spiro atoms. The number of rotatable bonds is 3. The Bertz CT molecular complexity index is 719. The molecule has 0 aliphatic carbocycles. The first kappa shape index (κ1) is 14.9. The number of hydrogen-bond acceptors (Lipinski definition) is 4. The van der Waals surface area contributed by atoms with Crippen LogP contribution in [-0.2, 0) is 0 Å². The molecule has 2 aromatic heterocycles. The Kier molecular flexibility index (Phi) is 4.84. The first-order valence-corrected chi connectivity index (χ1v) is 7.41. The van der Waals surface area contributed by atoms with Gasteiger partial charge in [-0.25, -0.2) is 14.5 Å². The van der Waals surface area contributed by atoms with Gasteiger partial charge in [-0.2, -0.15) is 5.10 Å². The number of nitrogens with zero attached hydrogens (tertiary/aromatic N) is 3. The summed E-state index contributed by atoms with van der Waals surface area (Å²) in [5.41, 5.74) is 3.45. The Balaban J connectivity index is 0.000000774. The molecule has 0 saturated carbocycles. The quantitative estimate of drug-likeness (QED) is 0.800. The molecule has 3 rings (SSSR count). The highest BCUT2D eigenvalue weighted by Crippen LogP contribution is 2.22. The van der Waals surface area contributed by atoms with Gasteiger partial charge in [-0.3, -0.25) is 0 Å². The molecule has 2 heterocycles. The number of benzene rings is 1. The Morgan fingerprint density at radius 2 is 1.90 bits per heavy atom. The summed E-state index contributed by atoms with van der Waals surface area (Å²) >= 11 is 1.09. The molecule has 0 aliphatic heterocycles. The zero-order chi connectivity index (χ0) is 15.2. The molecule has 0 bridgehead atoms. The van der Waals surface area contributed by atoms with Gasteiger partial charge in [0.25, 0.3) is 0 Å². The van der Waals surface area contributed by atoms with Crippen molar-refractivity contribution in [3.63, 3.8) is 0 Å². The largest absolute Gasteiger partial charge is 0.477 e. The summed E-state index contributed by atoms with van der Waals surface area (Å²) in [6, 6.07) is 9.77. The molecule has 0 amide bonds. The molecule has 0 unspecified atom stereocenters. The van der Waals surface area contributed by atoms with Crippen molar-refractivity contribution in [3.8, 4) is 16.9 Å². The van der Waals surface area contributed by atoms with E-state index in [9.17, 15) is 4.79 Å². The third-order valence-electron chi connectivity index (χ3n) is 2.65. The van der Waals surface area contributed by atoms with E-state index in [0.29, 0.717) is 5.82 Å².